The molecule has 3 heterocycles. The van der Waals surface area contributed by atoms with Crippen LogP contribution < -0.4 is 5.32 Å². The third-order valence-corrected chi connectivity index (χ3v) is 7.12. The number of fused-ring (bicyclic) bond motifs is 1. The van der Waals surface area contributed by atoms with Gasteiger partial charge in [-0.05, 0) is 62.1 Å². The van der Waals surface area contributed by atoms with Crippen molar-refractivity contribution in [1.82, 2.24) is 25.3 Å². The van der Waals surface area contributed by atoms with Crippen LogP contribution in [0.2, 0.25) is 0 Å². The molecule has 1 aliphatic heterocycles. The smallest absolute Gasteiger partial charge is 0.254 e. The molecule has 9 heteroatoms. The summed E-state index contributed by atoms with van der Waals surface area (Å²) in [5.74, 6) is 0.277. The molecule has 5 rings (SSSR count). The summed E-state index contributed by atoms with van der Waals surface area (Å²) in [4.78, 5) is 37.5. The van der Waals surface area contributed by atoms with Gasteiger partial charge in [0.15, 0.2) is 0 Å². The predicted octanol–water partition coefficient (Wildman–Crippen LogP) is 3.70. The molecule has 1 saturated carbocycles. The lowest BCUT2D eigenvalue weighted by molar-refractivity contribution is -0.126. The second-order valence-electron chi connectivity index (χ2n) is 9.43. The van der Waals surface area contributed by atoms with E-state index in [0.717, 1.165) is 31.2 Å². The maximum absolute atomic E-state index is 13.7. The number of carbonyl (C=O) groups excluding carboxylic acids is 2. The van der Waals surface area contributed by atoms with Gasteiger partial charge in [0.1, 0.15) is 0 Å². The Balaban J connectivity index is 1.44. The fraction of sp³-hybridized carbons (Fsp3) is 0.407. The Morgan fingerprint density at radius 3 is 2.72 bits per heavy atom. The Kier molecular flexibility index (Phi) is 7.03. The van der Waals surface area contributed by atoms with Crippen molar-refractivity contribution >= 4 is 11.8 Å². The van der Waals surface area contributed by atoms with Gasteiger partial charge in [-0.1, -0.05) is 18.0 Å². The topological polar surface area (TPSA) is 125 Å². The summed E-state index contributed by atoms with van der Waals surface area (Å²) in [7, 11) is 0. The number of nitriles is 1. The molecule has 0 bridgehead atoms. The summed E-state index contributed by atoms with van der Waals surface area (Å²) in [6.07, 6.45) is 8.26. The van der Waals surface area contributed by atoms with Crippen LogP contribution in [0.4, 0.5) is 0 Å². The SMILES string of the molecule is N#Cc1ccc(C(=O)N2CCCCCCNC(=O)C3CC(c4nc(-c5cccnc5)no4)CC32)cc1. The van der Waals surface area contributed by atoms with E-state index in [1.54, 1.807) is 36.7 Å². The zero-order valence-corrected chi connectivity index (χ0v) is 20.0. The number of hydrogen-bond acceptors (Lipinski definition) is 7. The molecule has 1 saturated heterocycles. The zero-order chi connectivity index (χ0) is 24.9. The van der Waals surface area contributed by atoms with Gasteiger partial charge >= 0.3 is 0 Å². The lowest BCUT2D eigenvalue weighted by atomic mass is 9.99. The van der Waals surface area contributed by atoms with E-state index in [-0.39, 0.29) is 29.7 Å². The average Bonchev–Trinajstić information content (AvgIpc) is 3.58. The Morgan fingerprint density at radius 1 is 1.11 bits per heavy atom. The van der Waals surface area contributed by atoms with Gasteiger partial charge in [0.05, 0.1) is 17.6 Å². The molecule has 3 atom stereocenters. The standard InChI is InChI=1S/C27H28N6O3/c28-16-18-7-9-19(10-8-18)27(35)33-13-4-2-1-3-12-30-25(34)22-14-21(15-23(22)33)26-31-24(32-36-26)20-6-5-11-29-17-20/h5-11,17,21-23H,1-4,12-15H2,(H,30,34). The van der Waals surface area contributed by atoms with Crippen LogP contribution in [-0.2, 0) is 4.79 Å². The molecule has 2 fully saturated rings. The van der Waals surface area contributed by atoms with E-state index >= 15 is 0 Å². The van der Waals surface area contributed by atoms with E-state index in [1.165, 1.54) is 0 Å². The van der Waals surface area contributed by atoms with Crippen molar-refractivity contribution in [2.45, 2.75) is 50.5 Å². The van der Waals surface area contributed by atoms with E-state index in [1.807, 2.05) is 17.0 Å². The third-order valence-electron chi connectivity index (χ3n) is 7.12. The number of carbonyl (C=O) groups is 2. The molecule has 1 aliphatic carbocycles. The minimum Gasteiger partial charge on any atom is -0.356 e. The first-order chi connectivity index (χ1) is 17.6. The molecule has 3 unspecified atom stereocenters. The van der Waals surface area contributed by atoms with Gasteiger partial charge in [-0.3, -0.25) is 14.6 Å². The van der Waals surface area contributed by atoms with Crippen LogP contribution in [0.5, 0.6) is 0 Å². The number of benzene rings is 1. The van der Waals surface area contributed by atoms with Gasteiger partial charge in [0, 0.05) is 48.6 Å². The van der Waals surface area contributed by atoms with Crippen LogP contribution in [0.1, 0.15) is 66.3 Å². The molecule has 1 N–H and O–H groups in total. The van der Waals surface area contributed by atoms with Crippen molar-refractivity contribution in [3.63, 3.8) is 0 Å². The number of hydrogen-bond donors (Lipinski definition) is 1. The van der Waals surface area contributed by atoms with Crippen LogP contribution in [0.25, 0.3) is 11.4 Å². The molecule has 36 heavy (non-hydrogen) atoms. The zero-order valence-electron chi connectivity index (χ0n) is 20.0. The molecule has 0 radical (unpaired) electrons. The number of pyridine rings is 1. The maximum atomic E-state index is 13.7. The molecular formula is C27H28N6O3. The van der Waals surface area contributed by atoms with Crippen molar-refractivity contribution in [2.24, 2.45) is 5.92 Å². The molecule has 0 spiro atoms. The van der Waals surface area contributed by atoms with Crippen LogP contribution >= 0.6 is 0 Å². The fourth-order valence-electron chi connectivity index (χ4n) is 5.23. The van der Waals surface area contributed by atoms with Crippen LogP contribution in [0.3, 0.4) is 0 Å². The molecule has 1 aromatic carbocycles. The summed E-state index contributed by atoms with van der Waals surface area (Å²) in [5, 5.41) is 16.3. The van der Waals surface area contributed by atoms with Gasteiger partial charge < -0.3 is 14.7 Å². The minimum atomic E-state index is -0.371. The molecule has 3 aromatic rings. The molecule has 184 valence electrons. The van der Waals surface area contributed by atoms with E-state index in [4.69, 9.17) is 9.78 Å². The van der Waals surface area contributed by atoms with Gasteiger partial charge in [-0.15, -0.1) is 0 Å². The monoisotopic (exact) mass is 484 g/mol. The van der Waals surface area contributed by atoms with E-state index in [2.05, 4.69) is 26.5 Å². The van der Waals surface area contributed by atoms with Crippen molar-refractivity contribution in [3.8, 4) is 17.5 Å². The molecular weight excluding hydrogens is 456 g/mol. The Labute approximate surface area is 209 Å². The predicted molar refractivity (Wildman–Crippen MR) is 130 cm³/mol. The minimum absolute atomic E-state index is 0.0333. The largest absolute Gasteiger partial charge is 0.356 e. The van der Waals surface area contributed by atoms with Crippen LogP contribution in [-0.4, -0.2) is 51.0 Å². The van der Waals surface area contributed by atoms with Crippen molar-refractivity contribution < 1.29 is 14.1 Å². The van der Waals surface area contributed by atoms with E-state index in [0.29, 0.717) is 48.8 Å². The van der Waals surface area contributed by atoms with E-state index in [9.17, 15) is 9.59 Å². The highest BCUT2D eigenvalue weighted by molar-refractivity contribution is 5.95. The molecule has 9 nitrogen and oxygen atoms in total. The number of nitrogens with one attached hydrogen (secondary N) is 1. The average molecular weight is 485 g/mol. The highest BCUT2D eigenvalue weighted by atomic mass is 16.5. The summed E-state index contributed by atoms with van der Waals surface area (Å²) in [6.45, 7) is 1.22. The van der Waals surface area contributed by atoms with Gasteiger partial charge in [-0.25, -0.2) is 0 Å². The highest BCUT2D eigenvalue weighted by Crippen LogP contribution is 2.41. The summed E-state index contributed by atoms with van der Waals surface area (Å²) in [5.41, 5.74) is 1.78. The normalized spacial score (nSPS) is 22.7. The molecule has 2 aliphatic rings. The molecule has 2 amide bonds. The first-order valence-corrected chi connectivity index (χ1v) is 12.5. The van der Waals surface area contributed by atoms with Crippen molar-refractivity contribution in [3.05, 3.63) is 65.8 Å². The Bertz CT molecular complexity index is 1250. The summed E-state index contributed by atoms with van der Waals surface area (Å²) in [6, 6.07) is 12.2. The number of nitrogens with zero attached hydrogens (tertiary/aromatic N) is 5. The van der Waals surface area contributed by atoms with Gasteiger partial charge in [0.2, 0.25) is 17.6 Å². The lowest BCUT2D eigenvalue weighted by Gasteiger charge is -2.32. The Hall–Kier alpha value is -4.06. The van der Waals surface area contributed by atoms with Crippen LogP contribution in [0, 0.1) is 17.2 Å². The van der Waals surface area contributed by atoms with E-state index < -0.39 is 0 Å². The van der Waals surface area contributed by atoms with Gasteiger partial charge in [-0.2, -0.15) is 10.2 Å². The number of aromatic nitrogens is 3. The first kappa shape index (κ1) is 23.7. The Morgan fingerprint density at radius 2 is 1.94 bits per heavy atom. The number of amides is 2. The summed E-state index contributed by atoms with van der Waals surface area (Å²) >= 11 is 0. The lowest BCUT2D eigenvalue weighted by Crippen LogP contribution is -2.47. The van der Waals surface area contributed by atoms with Gasteiger partial charge in [0.25, 0.3) is 5.91 Å². The molecule has 2 aromatic heterocycles. The number of rotatable bonds is 3. The maximum Gasteiger partial charge on any atom is 0.254 e. The second kappa shape index (κ2) is 10.7. The summed E-state index contributed by atoms with van der Waals surface area (Å²) < 4.78 is 5.63. The third kappa shape index (κ3) is 4.98. The first-order valence-electron chi connectivity index (χ1n) is 12.5. The van der Waals surface area contributed by atoms with Crippen molar-refractivity contribution in [2.75, 3.05) is 13.1 Å². The highest BCUT2D eigenvalue weighted by Gasteiger charge is 2.45. The fourth-order valence-corrected chi connectivity index (χ4v) is 5.23. The van der Waals surface area contributed by atoms with Crippen molar-refractivity contribution in [1.29, 1.82) is 5.26 Å². The van der Waals surface area contributed by atoms with Crippen LogP contribution in [0.15, 0.2) is 53.3 Å². The second-order valence-corrected chi connectivity index (χ2v) is 9.43. The quantitative estimate of drug-likeness (QED) is 0.601.